The predicted octanol–water partition coefficient (Wildman–Crippen LogP) is 4.18. The molecule has 3 rings (SSSR count). The molecule has 0 spiro atoms. The van der Waals surface area contributed by atoms with Crippen molar-refractivity contribution in [1.82, 2.24) is 25.0 Å². The number of aryl methyl sites for hydroxylation is 1. The fourth-order valence-corrected chi connectivity index (χ4v) is 3.39. The summed E-state index contributed by atoms with van der Waals surface area (Å²) in [5.41, 5.74) is 0.944. The van der Waals surface area contributed by atoms with Gasteiger partial charge >= 0.3 is 6.61 Å². The summed E-state index contributed by atoms with van der Waals surface area (Å²) in [7, 11) is 3.83. The predicted molar refractivity (Wildman–Crippen MR) is 128 cm³/mol. The van der Waals surface area contributed by atoms with E-state index in [1.807, 2.05) is 41.9 Å². The second kappa shape index (κ2) is 11.9. The van der Waals surface area contributed by atoms with Crippen molar-refractivity contribution in [2.75, 3.05) is 7.05 Å². The normalized spacial score (nSPS) is 11.4. The molecule has 0 atom stereocenters. The third-order valence-electron chi connectivity index (χ3n) is 4.48. The summed E-state index contributed by atoms with van der Waals surface area (Å²) in [5.74, 6) is 2.44. The Morgan fingerprint density at radius 3 is 2.58 bits per heavy atom. The first kappa shape index (κ1) is 25.0. The lowest BCUT2D eigenvalue weighted by Crippen LogP contribution is -2.38. The zero-order valence-electron chi connectivity index (χ0n) is 17.5. The van der Waals surface area contributed by atoms with Crippen molar-refractivity contribution in [2.45, 2.75) is 33.2 Å². The van der Waals surface area contributed by atoms with Crippen molar-refractivity contribution in [1.29, 1.82) is 0 Å². The first-order valence-electron chi connectivity index (χ1n) is 9.33. The number of guanidine groups is 1. The van der Waals surface area contributed by atoms with E-state index in [0.29, 0.717) is 25.6 Å². The van der Waals surface area contributed by atoms with E-state index in [0.717, 1.165) is 17.2 Å². The molecule has 0 saturated heterocycles. The lowest BCUT2D eigenvalue weighted by atomic mass is 10.2. The molecule has 0 bridgehead atoms. The van der Waals surface area contributed by atoms with Gasteiger partial charge in [-0.3, -0.25) is 0 Å². The van der Waals surface area contributed by atoms with Gasteiger partial charge in [-0.05, 0) is 36.1 Å². The highest BCUT2D eigenvalue weighted by molar-refractivity contribution is 14.0. The summed E-state index contributed by atoms with van der Waals surface area (Å²) in [6, 6.07) is 10.7. The Hall–Kier alpha value is -2.28. The topological polar surface area (TPSA) is 67.6 Å². The minimum atomic E-state index is -2.83. The third-order valence-corrected chi connectivity index (χ3v) is 5.36. The summed E-state index contributed by atoms with van der Waals surface area (Å²) in [4.78, 5) is 7.88. The molecule has 0 aliphatic rings. The van der Waals surface area contributed by atoms with Crippen molar-refractivity contribution in [2.24, 2.45) is 12.0 Å². The Morgan fingerprint density at radius 2 is 2.00 bits per heavy atom. The highest BCUT2D eigenvalue weighted by atomic mass is 127. The van der Waals surface area contributed by atoms with Gasteiger partial charge in [-0.1, -0.05) is 18.2 Å². The molecule has 168 valence electrons. The summed E-state index contributed by atoms with van der Waals surface area (Å²) in [6.45, 7) is 0.644. The maximum absolute atomic E-state index is 12.3. The largest absolute Gasteiger partial charge is 0.435 e. The molecular weight excluding hydrogens is 537 g/mol. The fraction of sp³-hybridized carbons (Fsp3) is 0.350. The molecule has 0 aliphatic heterocycles. The van der Waals surface area contributed by atoms with E-state index in [9.17, 15) is 8.78 Å². The maximum Gasteiger partial charge on any atom is 0.387 e. The number of nitrogens with one attached hydrogen (secondary N) is 1. The van der Waals surface area contributed by atoms with Crippen LogP contribution in [0.4, 0.5) is 8.78 Å². The van der Waals surface area contributed by atoms with Gasteiger partial charge < -0.3 is 19.5 Å². The molecule has 7 nitrogen and oxygen atoms in total. The SMILES string of the molecule is Cc1nnc(CN=C(NCc2cccs2)N(C)Cc2ccc(OC(F)F)cc2)n1C.I. The van der Waals surface area contributed by atoms with E-state index in [4.69, 9.17) is 4.99 Å². The molecule has 31 heavy (non-hydrogen) atoms. The number of alkyl halides is 2. The quantitative estimate of drug-likeness (QED) is 0.254. The van der Waals surface area contributed by atoms with E-state index in [1.54, 1.807) is 23.5 Å². The van der Waals surface area contributed by atoms with E-state index in [1.165, 1.54) is 17.0 Å². The maximum atomic E-state index is 12.3. The van der Waals surface area contributed by atoms with Gasteiger partial charge in [0.25, 0.3) is 0 Å². The van der Waals surface area contributed by atoms with Crippen LogP contribution in [-0.4, -0.2) is 39.3 Å². The average Bonchev–Trinajstić information content (AvgIpc) is 3.34. The van der Waals surface area contributed by atoms with Gasteiger partial charge in [0, 0.05) is 25.5 Å². The van der Waals surface area contributed by atoms with Crippen LogP contribution >= 0.6 is 35.3 Å². The Kier molecular flexibility index (Phi) is 9.62. The van der Waals surface area contributed by atoms with Crippen LogP contribution in [0.25, 0.3) is 0 Å². The first-order chi connectivity index (χ1) is 14.4. The van der Waals surface area contributed by atoms with Gasteiger partial charge in [0.1, 0.15) is 18.1 Å². The van der Waals surface area contributed by atoms with Crippen molar-refractivity contribution < 1.29 is 13.5 Å². The minimum absolute atomic E-state index is 0. The van der Waals surface area contributed by atoms with Gasteiger partial charge in [0.05, 0.1) is 6.54 Å². The van der Waals surface area contributed by atoms with Crippen LogP contribution in [0.3, 0.4) is 0 Å². The van der Waals surface area contributed by atoms with Crippen LogP contribution in [-0.2, 0) is 26.7 Å². The van der Waals surface area contributed by atoms with Gasteiger partial charge in [0.2, 0.25) is 0 Å². The van der Waals surface area contributed by atoms with Gasteiger partial charge in [-0.15, -0.1) is 45.5 Å². The fourth-order valence-electron chi connectivity index (χ4n) is 2.75. The zero-order valence-corrected chi connectivity index (χ0v) is 20.6. The summed E-state index contributed by atoms with van der Waals surface area (Å²) < 4.78 is 31.0. The molecule has 0 amide bonds. The number of ether oxygens (including phenoxy) is 1. The Bertz CT molecular complexity index is 963. The molecule has 1 N–H and O–H groups in total. The number of nitrogens with zero attached hydrogens (tertiary/aromatic N) is 5. The lowest BCUT2D eigenvalue weighted by Gasteiger charge is -2.22. The number of benzene rings is 1. The monoisotopic (exact) mass is 562 g/mol. The summed E-state index contributed by atoms with van der Waals surface area (Å²) in [6.07, 6.45) is 0. The van der Waals surface area contributed by atoms with Crippen LogP contribution in [0.2, 0.25) is 0 Å². The standard InChI is InChI=1S/C20H24F2N6OS.HI/c1-14-25-26-18(28(14)3)12-24-20(23-11-17-5-4-10-30-17)27(2)13-15-6-8-16(9-7-15)29-19(21)22;/h4-10,19H,11-13H2,1-3H3,(H,23,24);1H. The summed E-state index contributed by atoms with van der Waals surface area (Å²) in [5, 5.41) is 13.6. The molecule has 0 fully saturated rings. The number of thiophene rings is 1. The van der Waals surface area contributed by atoms with Crippen LogP contribution in [0.5, 0.6) is 5.75 Å². The van der Waals surface area contributed by atoms with Crippen LogP contribution < -0.4 is 10.1 Å². The number of hydrogen-bond acceptors (Lipinski definition) is 5. The number of aliphatic imine (C=N–C) groups is 1. The smallest absolute Gasteiger partial charge is 0.387 e. The van der Waals surface area contributed by atoms with Crippen molar-refractivity contribution in [3.8, 4) is 5.75 Å². The van der Waals surface area contributed by atoms with Crippen molar-refractivity contribution in [3.63, 3.8) is 0 Å². The number of halogens is 3. The molecule has 0 saturated carbocycles. The van der Waals surface area contributed by atoms with E-state index < -0.39 is 6.61 Å². The average molecular weight is 562 g/mol. The Balaban J connectivity index is 0.00000341. The Labute approximate surface area is 201 Å². The molecule has 0 radical (unpaired) electrons. The van der Waals surface area contributed by atoms with E-state index in [2.05, 4.69) is 26.3 Å². The highest BCUT2D eigenvalue weighted by Crippen LogP contribution is 2.16. The third kappa shape index (κ3) is 7.42. The molecule has 0 unspecified atom stereocenters. The van der Waals surface area contributed by atoms with Crippen LogP contribution in [0.1, 0.15) is 22.1 Å². The summed E-state index contributed by atoms with van der Waals surface area (Å²) >= 11 is 1.67. The Morgan fingerprint density at radius 1 is 1.26 bits per heavy atom. The lowest BCUT2D eigenvalue weighted by molar-refractivity contribution is -0.0498. The van der Waals surface area contributed by atoms with Crippen LogP contribution in [0, 0.1) is 6.92 Å². The van der Waals surface area contributed by atoms with E-state index in [-0.39, 0.29) is 29.7 Å². The highest BCUT2D eigenvalue weighted by Gasteiger charge is 2.11. The molecule has 1 aromatic carbocycles. The number of rotatable bonds is 8. The molecule has 2 aromatic heterocycles. The van der Waals surface area contributed by atoms with Crippen LogP contribution in [0.15, 0.2) is 46.8 Å². The second-order valence-electron chi connectivity index (χ2n) is 6.67. The first-order valence-corrected chi connectivity index (χ1v) is 10.2. The van der Waals surface area contributed by atoms with E-state index >= 15 is 0 Å². The van der Waals surface area contributed by atoms with Gasteiger partial charge in [0.15, 0.2) is 11.8 Å². The van der Waals surface area contributed by atoms with Crippen molar-refractivity contribution >= 4 is 41.3 Å². The molecule has 11 heteroatoms. The molecule has 3 aromatic rings. The van der Waals surface area contributed by atoms with Gasteiger partial charge in [-0.2, -0.15) is 8.78 Å². The minimum Gasteiger partial charge on any atom is -0.435 e. The molecular formula is C20H25F2IN6OS. The van der Waals surface area contributed by atoms with Crippen molar-refractivity contribution in [3.05, 3.63) is 63.9 Å². The zero-order chi connectivity index (χ0) is 21.5. The molecule has 2 heterocycles. The second-order valence-corrected chi connectivity index (χ2v) is 7.71. The molecule has 0 aliphatic carbocycles. The van der Waals surface area contributed by atoms with Gasteiger partial charge in [-0.25, -0.2) is 4.99 Å². The number of aromatic nitrogens is 3. The number of hydrogen-bond donors (Lipinski definition) is 1.